The molecule has 0 spiro atoms. The van der Waals surface area contributed by atoms with E-state index in [0.717, 1.165) is 27.4 Å². The Morgan fingerprint density at radius 2 is 1.95 bits per heavy atom. The number of carbonyl (C=O) groups excluding carboxylic acids is 5. The van der Waals surface area contributed by atoms with Gasteiger partial charge in [-0.2, -0.15) is 0 Å². The maximum absolute atomic E-state index is 13.7. The lowest BCUT2D eigenvalue weighted by Gasteiger charge is -2.22. The third-order valence-electron chi connectivity index (χ3n) is 7.63. The Morgan fingerprint density at radius 3 is 2.66 bits per heavy atom. The second kappa shape index (κ2) is 12.9. The number of nitrogens with zero attached hydrogens (tertiary/aromatic N) is 2. The Balaban J connectivity index is 1.29. The molecule has 12 heteroatoms. The van der Waals surface area contributed by atoms with Crippen LogP contribution < -0.4 is 16.0 Å². The van der Waals surface area contributed by atoms with Gasteiger partial charge in [0.2, 0.25) is 13.2 Å². The Labute approximate surface area is 254 Å². The largest absolute Gasteiger partial charge is 0.426 e. The molecule has 12 nitrogen and oxygen atoms in total. The summed E-state index contributed by atoms with van der Waals surface area (Å²) < 4.78 is 10.0. The van der Waals surface area contributed by atoms with Crippen molar-refractivity contribution in [3.8, 4) is 0 Å². The summed E-state index contributed by atoms with van der Waals surface area (Å²) in [6, 6.07) is 4.16. The number of imide groups is 1. The fraction of sp³-hybridized carbons (Fsp3) is 0.312. The molecule has 1 heterocycles. The molecule has 0 radical (unpaired) electrons. The molecule has 0 bridgehead atoms. The first kappa shape index (κ1) is 30.2. The van der Waals surface area contributed by atoms with Crippen LogP contribution in [-0.4, -0.2) is 66.4 Å². The van der Waals surface area contributed by atoms with Crippen molar-refractivity contribution in [2.45, 2.75) is 45.7 Å². The summed E-state index contributed by atoms with van der Waals surface area (Å²) >= 11 is 0. The summed E-state index contributed by atoms with van der Waals surface area (Å²) in [6.45, 7) is 5.04. The fourth-order valence-electron chi connectivity index (χ4n) is 5.06. The number of fused-ring (bicyclic) bond motifs is 1. The van der Waals surface area contributed by atoms with Crippen LogP contribution in [0.5, 0.6) is 0 Å². The number of hydrogen-bond donors (Lipinski definition) is 3. The standard InChI is InChI=1S/C32H33N5O7/c1-18-9-10-22(29(39)36-27-8-5-13-33-27)15-26(18)35-25-7-4-6-21-14-24(19(2)28(21)25)30(40)37(23-11-12-23)32(42)44-17-43-31(41)20(3)34-16-38/h4-10,14-16,20-21,23,35H,11-13,17H2,1-3H3,(H,34,38)(H,33,36,39). The minimum Gasteiger partial charge on any atom is -0.426 e. The molecule has 2 atom stereocenters. The van der Waals surface area contributed by atoms with Crippen molar-refractivity contribution in [3.63, 3.8) is 0 Å². The van der Waals surface area contributed by atoms with Crippen molar-refractivity contribution >= 4 is 41.8 Å². The fourth-order valence-corrected chi connectivity index (χ4v) is 5.06. The van der Waals surface area contributed by atoms with Gasteiger partial charge >= 0.3 is 12.1 Å². The van der Waals surface area contributed by atoms with E-state index in [1.807, 2.05) is 50.3 Å². The number of hydrogen-bond acceptors (Lipinski definition) is 9. The van der Waals surface area contributed by atoms with Gasteiger partial charge in [-0.05, 0) is 74.6 Å². The number of nitrogens with one attached hydrogen (secondary N) is 3. The van der Waals surface area contributed by atoms with E-state index in [1.54, 1.807) is 18.2 Å². The second-order valence-electron chi connectivity index (χ2n) is 10.8. The molecule has 0 saturated heterocycles. The summed E-state index contributed by atoms with van der Waals surface area (Å²) in [5, 5.41) is 8.50. The lowest BCUT2D eigenvalue weighted by molar-refractivity contribution is -0.155. The van der Waals surface area contributed by atoms with E-state index >= 15 is 0 Å². The Morgan fingerprint density at radius 1 is 1.16 bits per heavy atom. The zero-order valence-electron chi connectivity index (χ0n) is 24.6. The van der Waals surface area contributed by atoms with Crippen LogP contribution in [0, 0.1) is 12.8 Å². The van der Waals surface area contributed by atoms with E-state index in [2.05, 4.69) is 20.9 Å². The number of rotatable bonds is 10. The average Bonchev–Trinajstić information content (AvgIpc) is 3.57. The molecule has 1 aromatic carbocycles. The van der Waals surface area contributed by atoms with Gasteiger partial charge in [0.05, 0.1) is 6.54 Å². The number of amides is 4. The highest BCUT2D eigenvalue weighted by molar-refractivity contribution is 6.11. The number of esters is 1. The SMILES string of the molecule is CC1=C2C(Nc3cc(C(=O)NC4=NCC=C4)ccc3C)=CC=CC2C=C1C(=O)N(C(=O)OCOC(=O)C(C)NC=O)C1CC1. The van der Waals surface area contributed by atoms with E-state index in [1.165, 1.54) is 6.92 Å². The molecule has 44 heavy (non-hydrogen) atoms. The number of benzene rings is 1. The van der Waals surface area contributed by atoms with E-state index in [-0.39, 0.29) is 17.9 Å². The van der Waals surface area contributed by atoms with E-state index in [0.29, 0.717) is 48.3 Å². The van der Waals surface area contributed by atoms with E-state index in [4.69, 9.17) is 9.47 Å². The van der Waals surface area contributed by atoms with E-state index < -0.39 is 30.8 Å². The molecular weight excluding hydrogens is 566 g/mol. The van der Waals surface area contributed by atoms with Crippen LogP contribution in [0.1, 0.15) is 42.6 Å². The molecule has 4 aliphatic rings. The van der Waals surface area contributed by atoms with Crippen LogP contribution in [0.4, 0.5) is 10.5 Å². The third-order valence-corrected chi connectivity index (χ3v) is 7.63. The number of anilines is 1. The summed E-state index contributed by atoms with van der Waals surface area (Å²) in [6.07, 6.45) is 12.0. The number of allylic oxidation sites excluding steroid dienone is 5. The first-order valence-corrected chi connectivity index (χ1v) is 14.3. The second-order valence-corrected chi connectivity index (χ2v) is 10.8. The third kappa shape index (κ3) is 6.54. The van der Waals surface area contributed by atoms with Gasteiger partial charge in [0, 0.05) is 34.5 Å². The number of carbonyl (C=O) groups is 5. The molecule has 1 fully saturated rings. The molecular formula is C32H33N5O7. The van der Waals surface area contributed by atoms with Crippen molar-refractivity contribution in [2.24, 2.45) is 10.9 Å². The van der Waals surface area contributed by atoms with Gasteiger partial charge < -0.3 is 25.4 Å². The van der Waals surface area contributed by atoms with Gasteiger partial charge in [-0.3, -0.25) is 19.4 Å². The molecule has 3 aliphatic carbocycles. The van der Waals surface area contributed by atoms with Crippen molar-refractivity contribution in [1.82, 2.24) is 15.5 Å². The number of amidine groups is 1. The molecule has 228 valence electrons. The summed E-state index contributed by atoms with van der Waals surface area (Å²) in [5.41, 5.74) is 4.86. The van der Waals surface area contributed by atoms with Crippen LogP contribution >= 0.6 is 0 Å². The lowest BCUT2D eigenvalue weighted by atomic mass is 9.92. The van der Waals surface area contributed by atoms with Gasteiger partial charge in [-0.25, -0.2) is 14.5 Å². The highest BCUT2D eigenvalue weighted by Gasteiger charge is 2.42. The maximum atomic E-state index is 13.7. The predicted molar refractivity (Wildman–Crippen MR) is 161 cm³/mol. The monoisotopic (exact) mass is 599 g/mol. The molecule has 1 aliphatic heterocycles. The molecule has 5 rings (SSSR count). The van der Waals surface area contributed by atoms with Gasteiger partial charge in [0.1, 0.15) is 11.9 Å². The summed E-state index contributed by atoms with van der Waals surface area (Å²) in [4.78, 5) is 67.2. The quantitative estimate of drug-likeness (QED) is 0.210. The first-order valence-electron chi connectivity index (χ1n) is 14.3. The zero-order chi connectivity index (χ0) is 31.4. The molecule has 1 saturated carbocycles. The smallest absolute Gasteiger partial charge is 0.419 e. The molecule has 2 unspecified atom stereocenters. The average molecular weight is 600 g/mol. The van der Waals surface area contributed by atoms with Crippen molar-refractivity contribution in [1.29, 1.82) is 0 Å². The Bertz CT molecular complexity index is 1600. The highest BCUT2D eigenvalue weighted by Crippen LogP contribution is 2.41. The van der Waals surface area contributed by atoms with Crippen molar-refractivity contribution < 1.29 is 33.4 Å². The normalized spacial score (nSPS) is 18.8. The van der Waals surface area contributed by atoms with Gasteiger partial charge in [-0.1, -0.05) is 30.4 Å². The predicted octanol–water partition coefficient (Wildman–Crippen LogP) is 3.19. The molecule has 1 aromatic rings. The number of aliphatic imine (C=N–C) groups is 1. The zero-order valence-corrected chi connectivity index (χ0v) is 24.6. The van der Waals surface area contributed by atoms with E-state index in [9.17, 15) is 24.0 Å². The summed E-state index contributed by atoms with van der Waals surface area (Å²) in [7, 11) is 0. The first-order chi connectivity index (χ1) is 21.2. The van der Waals surface area contributed by atoms with Crippen LogP contribution in [-0.2, 0) is 23.9 Å². The number of ether oxygens (including phenoxy) is 2. The Hall–Kier alpha value is -5.26. The maximum Gasteiger partial charge on any atom is 0.419 e. The summed E-state index contributed by atoms with van der Waals surface area (Å²) in [5.74, 6) is -1.23. The molecule has 4 amide bonds. The van der Waals surface area contributed by atoms with Gasteiger partial charge in [0.15, 0.2) is 0 Å². The molecule has 0 aromatic heterocycles. The Kier molecular flexibility index (Phi) is 8.88. The van der Waals surface area contributed by atoms with Gasteiger partial charge in [-0.15, -0.1) is 0 Å². The van der Waals surface area contributed by atoms with Crippen LogP contribution in [0.3, 0.4) is 0 Å². The van der Waals surface area contributed by atoms with Crippen molar-refractivity contribution in [3.05, 3.63) is 88.2 Å². The molecule has 3 N–H and O–H groups in total. The lowest BCUT2D eigenvalue weighted by Crippen LogP contribution is -2.41. The minimum atomic E-state index is -0.913. The highest BCUT2D eigenvalue weighted by atomic mass is 16.7. The van der Waals surface area contributed by atoms with Crippen molar-refractivity contribution in [2.75, 3.05) is 18.7 Å². The minimum absolute atomic E-state index is 0.203. The van der Waals surface area contributed by atoms with Crippen LogP contribution in [0.25, 0.3) is 0 Å². The number of aryl methyl sites for hydroxylation is 1. The van der Waals surface area contributed by atoms with Gasteiger partial charge in [0.25, 0.3) is 11.8 Å². The van der Waals surface area contributed by atoms with Crippen LogP contribution in [0.15, 0.2) is 82.1 Å². The van der Waals surface area contributed by atoms with Crippen LogP contribution in [0.2, 0.25) is 0 Å². The topological polar surface area (TPSA) is 156 Å².